The van der Waals surface area contributed by atoms with Crippen LogP contribution in [-0.4, -0.2) is 10.2 Å². The minimum Gasteiger partial charge on any atom is -0.282 e. The van der Waals surface area contributed by atoms with Gasteiger partial charge in [-0.15, -0.1) is 0 Å². The number of rotatable bonds is 0. The molecule has 2 rings (SSSR count). The molecule has 0 radical (unpaired) electrons. The number of nitrogens with zero attached hydrogens (tertiary/aromatic N) is 1. The molecule has 0 saturated carbocycles. The first-order valence-corrected chi connectivity index (χ1v) is 4.04. The standard InChI is InChI=1S/C7H7BrN2/c8-6-1-2-7-5(3-6)4-9-10-7/h3-4H,1-2H2,(H,9,10). The Morgan fingerprint density at radius 1 is 1.50 bits per heavy atom. The number of halogens is 1. The summed E-state index contributed by atoms with van der Waals surface area (Å²) in [6.45, 7) is 0. The van der Waals surface area contributed by atoms with Gasteiger partial charge in [-0.05, 0) is 23.4 Å². The zero-order chi connectivity index (χ0) is 6.97. The first-order valence-electron chi connectivity index (χ1n) is 3.24. The van der Waals surface area contributed by atoms with Crippen molar-refractivity contribution in [3.8, 4) is 0 Å². The van der Waals surface area contributed by atoms with E-state index < -0.39 is 0 Å². The number of aromatic nitrogens is 2. The van der Waals surface area contributed by atoms with Crippen molar-refractivity contribution in [1.82, 2.24) is 10.2 Å². The summed E-state index contributed by atoms with van der Waals surface area (Å²) in [7, 11) is 0. The molecule has 1 aliphatic rings. The number of nitrogens with one attached hydrogen (secondary N) is 1. The summed E-state index contributed by atoms with van der Waals surface area (Å²) in [5.41, 5.74) is 2.47. The van der Waals surface area contributed by atoms with Gasteiger partial charge in [0.1, 0.15) is 0 Å². The summed E-state index contributed by atoms with van der Waals surface area (Å²) in [5, 5.41) is 6.91. The van der Waals surface area contributed by atoms with E-state index in [2.05, 4.69) is 32.2 Å². The number of aryl methyl sites for hydroxylation is 1. The number of hydrogen-bond donors (Lipinski definition) is 1. The van der Waals surface area contributed by atoms with E-state index in [9.17, 15) is 0 Å². The fourth-order valence-electron chi connectivity index (χ4n) is 1.13. The molecule has 1 heterocycles. The van der Waals surface area contributed by atoms with Gasteiger partial charge in [0.25, 0.3) is 0 Å². The lowest BCUT2D eigenvalue weighted by Gasteiger charge is -2.05. The summed E-state index contributed by atoms with van der Waals surface area (Å²) in [6.07, 6.45) is 6.14. The molecular weight excluding hydrogens is 192 g/mol. The number of fused-ring (bicyclic) bond motifs is 1. The largest absolute Gasteiger partial charge is 0.282 e. The van der Waals surface area contributed by atoms with E-state index in [0.29, 0.717) is 0 Å². The lowest BCUT2D eigenvalue weighted by Crippen LogP contribution is -1.93. The maximum absolute atomic E-state index is 3.95. The van der Waals surface area contributed by atoms with Crippen LogP contribution in [0.25, 0.3) is 6.08 Å². The molecule has 1 aromatic heterocycles. The van der Waals surface area contributed by atoms with Gasteiger partial charge in [0.2, 0.25) is 0 Å². The van der Waals surface area contributed by atoms with E-state index in [1.54, 1.807) is 0 Å². The molecule has 2 nitrogen and oxygen atoms in total. The molecule has 0 atom stereocenters. The van der Waals surface area contributed by atoms with Crippen molar-refractivity contribution >= 4 is 22.0 Å². The van der Waals surface area contributed by atoms with Crippen molar-refractivity contribution in [3.63, 3.8) is 0 Å². The van der Waals surface area contributed by atoms with Gasteiger partial charge in [-0.3, -0.25) is 5.10 Å². The molecule has 0 aliphatic heterocycles. The Morgan fingerprint density at radius 2 is 2.40 bits per heavy atom. The third-order valence-electron chi connectivity index (χ3n) is 1.68. The van der Waals surface area contributed by atoms with Gasteiger partial charge in [-0.25, -0.2) is 0 Å². The van der Waals surface area contributed by atoms with Crippen LogP contribution in [-0.2, 0) is 6.42 Å². The summed E-state index contributed by atoms with van der Waals surface area (Å²) in [5.74, 6) is 0. The quantitative estimate of drug-likeness (QED) is 0.680. The number of allylic oxidation sites excluding steroid dienone is 1. The minimum atomic E-state index is 1.08. The van der Waals surface area contributed by atoms with Crippen LogP contribution in [0.5, 0.6) is 0 Å². The highest BCUT2D eigenvalue weighted by molar-refractivity contribution is 9.11. The zero-order valence-electron chi connectivity index (χ0n) is 5.39. The van der Waals surface area contributed by atoms with Crippen LogP contribution in [0.3, 0.4) is 0 Å². The second-order valence-corrected chi connectivity index (χ2v) is 3.41. The summed E-state index contributed by atoms with van der Waals surface area (Å²) >= 11 is 3.46. The maximum atomic E-state index is 3.95. The van der Waals surface area contributed by atoms with Gasteiger partial charge < -0.3 is 0 Å². The second-order valence-electron chi connectivity index (χ2n) is 2.40. The number of H-pyrrole nitrogens is 1. The second kappa shape index (κ2) is 2.23. The molecule has 0 spiro atoms. The molecule has 0 saturated heterocycles. The molecule has 0 unspecified atom stereocenters. The average Bonchev–Trinajstić information content (AvgIpc) is 2.33. The summed E-state index contributed by atoms with van der Waals surface area (Å²) < 4.78 is 1.27. The monoisotopic (exact) mass is 198 g/mol. The van der Waals surface area contributed by atoms with E-state index >= 15 is 0 Å². The first kappa shape index (κ1) is 6.16. The van der Waals surface area contributed by atoms with Gasteiger partial charge in [0.05, 0.1) is 6.20 Å². The average molecular weight is 199 g/mol. The lowest BCUT2D eigenvalue weighted by molar-refractivity contribution is 0.902. The van der Waals surface area contributed by atoms with Crippen LogP contribution in [0.4, 0.5) is 0 Å². The number of aromatic amines is 1. The predicted molar refractivity (Wildman–Crippen MR) is 43.8 cm³/mol. The van der Waals surface area contributed by atoms with Gasteiger partial charge in [0, 0.05) is 11.3 Å². The summed E-state index contributed by atoms with van der Waals surface area (Å²) in [6, 6.07) is 0. The van der Waals surface area contributed by atoms with Crippen LogP contribution >= 0.6 is 15.9 Å². The van der Waals surface area contributed by atoms with Crippen molar-refractivity contribution in [2.24, 2.45) is 0 Å². The van der Waals surface area contributed by atoms with Crippen molar-refractivity contribution in [2.45, 2.75) is 12.8 Å². The Balaban J connectivity index is 2.50. The van der Waals surface area contributed by atoms with Crippen LogP contribution in [0.15, 0.2) is 10.7 Å². The van der Waals surface area contributed by atoms with E-state index in [0.717, 1.165) is 12.8 Å². The fraction of sp³-hybridized carbons (Fsp3) is 0.286. The normalized spacial score (nSPS) is 16.3. The Labute approximate surface area is 67.5 Å². The van der Waals surface area contributed by atoms with Gasteiger partial charge >= 0.3 is 0 Å². The van der Waals surface area contributed by atoms with Crippen molar-refractivity contribution in [2.75, 3.05) is 0 Å². The van der Waals surface area contributed by atoms with Crippen LogP contribution < -0.4 is 0 Å². The van der Waals surface area contributed by atoms with Crippen molar-refractivity contribution in [3.05, 3.63) is 21.9 Å². The SMILES string of the molecule is BrC1=Cc2cn[nH]c2CC1. The highest BCUT2D eigenvalue weighted by Gasteiger charge is 2.08. The Morgan fingerprint density at radius 3 is 3.30 bits per heavy atom. The van der Waals surface area contributed by atoms with Gasteiger partial charge in [-0.2, -0.15) is 5.10 Å². The smallest absolute Gasteiger partial charge is 0.0562 e. The van der Waals surface area contributed by atoms with Crippen LogP contribution in [0, 0.1) is 0 Å². The molecule has 0 fully saturated rings. The van der Waals surface area contributed by atoms with Crippen LogP contribution in [0.2, 0.25) is 0 Å². The molecule has 3 heteroatoms. The minimum absolute atomic E-state index is 1.08. The zero-order valence-corrected chi connectivity index (χ0v) is 6.98. The van der Waals surface area contributed by atoms with E-state index in [4.69, 9.17) is 0 Å². The van der Waals surface area contributed by atoms with E-state index in [1.165, 1.54) is 15.7 Å². The maximum Gasteiger partial charge on any atom is 0.0562 e. The molecule has 1 aromatic rings. The lowest BCUT2D eigenvalue weighted by atomic mass is 10.1. The molecule has 1 aliphatic carbocycles. The van der Waals surface area contributed by atoms with Crippen LogP contribution in [0.1, 0.15) is 17.7 Å². The Bertz CT molecular complexity index is 275. The van der Waals surface area contributed by atoms with Crippen molar-refractivity contribution in [1.29, 1.82) is 0 Å². The molecule has 1 N–H and O–H groups in total. The molecule has 10 heavy (non-hydrogen) atoms. The third kappa shape index (κ3) is 0.904. The highest BCUT2D eigenvalue weighted by Crippen LogP contribution is 2.24. The predicted octanol–water partition coefficient (Wildman–Crippen LogP) is 2.09. The molecular formula is C7H7BrN2. The molecule has 52 valence electrons. The number of hydrogen-bond acceptors (Lipinski definition) is 1. The highest BCUT2D eigenvalue weighted by atomic mass is 79.9. The molecule has 0 aromatic carbocycles. The van der Waals surface area contributed by atoms with E-state index in [-0.39, 0.29) is 0 Å². The Kier molecular flexibility index (Phi) is 1.38. The fourth-order valence-corrected chi connectivity index (χ4v) is 1.58. The first-order chi connectivity index (χ1) is 4.86. The topological polar surface area (TPSA) is 28.7 Å². The van der Waals surface area contributed by atoms with E-state index in [1.807, 2.05) is 6.20 Å². The Hall–Kier alpha value is -0.570. The molecule has 0 amide bonds. The van der Waals surface area contributed by atoms with Crippen molar-refractivity contribution < 1.29 is 0 Å². The van der Waals surface area contributed by atoms with Gasteiger partial charge in [0.15, 0.2) is 0 Å². The summed E-state index contributed by atoms with van der Waals surface area (Å²) in [4.78, 5) is 0. The molecule has 0 bridgehead atoms. The third-order valence-corrected chi connectivity index (χ3v) is 2.30. The van der Waals surface area contributed by atoms with Gasteiger partial charge in [-0.1, -0.05) is 15.9 Å².